The highest BCUT2D eigenvalue weighted by atomic mass is 19.3. The third-order valence-electron chi connectivity index (χ3n) is 2.41. The molecular formula is C12H15F3N2O2. The van der Waals surface area contributed by atoms with Crippen LogP contribution in [-0.2, 0) is 11.3 Å². The number of rotatable bonds is 6. The van der Waals surface area contributed by atoms with E-state index in [-0.39, 0.29) is 23.8 Å². The number of carbonyl (C=O) groups is 1. The van der Waals surface area contributed by atoms with Gasteiger partial charge in [-0.15, -0.1) is 0 Å². The second-order valence-electron chi connectivity index (χ2n) is 3.73. The maximum absolute atomic E-state index is 13.6. The number of hydrogen-bond acceptors (Lipinski definition) is 3. The van der Waals surface area contributed by atoms with Crippen molar-refractivity contribution in [2.45, 2.75) is 27.0 Å². The molecule has 0 fully saturated rings. The zero-order chi connectivity index (χ0) is 14.4. The molecule has 0 aromatic heterocycles. The van der Waals surface area contributed by atoms with E-state index in [4.69, 9.17) is 0 Å². The summed E-state index contributed by atoms with van der Waals surface area (Å²) in [5.74, 6) is -1.11. The lowest BCUT2D eigenvalue weighted by molar-refractivity contribution is -0.131. The molecule has 0 bridgehead atoms. The molecule has 0 heterocycles. The summed E-state index contributed by atoms with van der Waals surface area (Å²) in [6.07, 6.45) is 0. The monoisotopic (exact) mass is 276 g/mol. The van der Waals surface area contributed by atoms with Gasteiger partial charge in [-0.1, -0.05) is 6.07 Å². The van der Waals surface area contributed by atoms with Crippen LogP contribution >= 0.6 is 0 Å². The molecule has 1 rings (SSSR count). The lowest BCUT2D eigenvalue weighted by atomic mass is 10.2. The van der Waals surface area contributed by atoms with Crippen LogP contribution in [0.15, 0.2) is 18.2 Å². The highest BCUT2D eigenvalue weighted by Gasteiger charge is 2.10. The van der Waals surface area contributed by atoms with Crippen molar-refractivity contribution in [3.8, 4) is 5.75 Å². The highest BCUT2D eigenvalue weighted by molar-refractivity contribution is 5.72. The molecule has 0 saturated heterocycles. The van der Waals surface area contributed by atoms with E-state index in [1.54, 1.807) is 6.92 Å². The molecule has 0 spiro atoms. The second kappa shape index (κ2) is 6.98. The maximum atomic E-state index is 13.6. The van der Waals surface area contributed by atoms with Crippen molar-refractivity contribution in [2.75, 3.05) is 6.54 Å². The summed E-state index contributed by atoms with van der Waals surface area (Å²) in [4.78, 5) is 11.1. The van der Waals surface area contributed by atoms with Crippen LogP contribution in [0.5, 0.6) is 5.75 Å². The van der Waals surface area contributed by atoms with Crippen molar-refractivity contribution in [3.63, 3.8) is 0 Å². The van der Waals surface area contributed by atoms with Gasteiger partial charge in [-0.05, 0) is 13.0 Å². The van der Waals surface area contributed by atoms with E-state index in [1.807, 2.05) is 0 Å². The number of carbonyl (C=O) groups excluding carboxylic acids is 1. The van der Waals surface area contributed by atoms with Gasteiger partial charge in [-0.3, -0.25) is 9.80 Å². The Kier molecular flexibility index (Phi) is 5.62. The number of benzene rings is 1. The molecule has 0 aliphatic rings. The Hall–Kier alpha value is -1.76. The topological polar surface area (TPSA) is 41.6 Å². The molecule has 0 unspecified atom stereocenters. The minimum Gasteiger partial charge on any atom is -0.435 e. The fraction of sp³-hybridized carbons (Fsp3) is 0.417. The van der Waals surface area contributed by atoms with Crippen molar-refractivity contribution in [2.24, 2.45) is 0 Å². The molecule has 19 heavy (non-hydrogen) atoms. The van der Waals surface area contributed by atoms with Crippen LogP contribution in [0, 0.1) is 5.82 Å². The molecule has 1 aromatic carbocycles. The summed E-state index contributed by atoms with van der Waals surface area (Å²) < 4.78 is 41.5. The molecular weight excluding hydrogens is 261 g/mol. The third-order valence-corrected chi connectivity index (χ3v) is 2.41. The average molecular weight is 276 g/mol. The van der Waals surface area contributed by atoms with Crippen molar-refractivity contribution in [1.82, 2.24) is 10.4 Å². The molecule has 7 heteroatoms. The molecule has 0 radical (unpaired) electrons. The van der Waals surface area contributed by atoms with Crippen LogP contribution in [0.3, 0.4) is 0 Å². The van der Waals surface area contributed by atoms with Crippen LogP contribution in [0.4, 0.5) is 13.2 Å². The van der Waals surface area contributed by atoms with Crippen LogP contribution < -0.4 is 10.2 Å². The van der Waals surface area contributed by atoms with E-state index >= 15 is 0 Å². The first-order chi connectivity index (χ1) is 8.93. The standard InChI is InChI=1S/C12H15F3N2O2/c1-3-17(8(2)18)16-7-9-4-5-10(6-11(9)13)19-12(14)15/h4-6,12,16H,3,7H2,1-2H3. The van der Waals surface area contributed by atoms with Crippen LogP contribution in [0.1, 0.15) is 19.4 Å². The molecule has 0 atom stereocenters. The van der Waals surface area contributed by atoms with Gasteiger partial charge in [0.1, 0.15) is 11.6 Å². The number of hydrogen-bond donors (Lipinski definition) is 1. The quantitative estimate of drug-likeness (QED) is 0.811. The summed E-state index contributed by atoms with van der Waals surface area (Å²) in [5, 5.41) is 1.32. The molecule has 1 N–H and O–H groups in total. The Labute approximate surface area is 109 Å². The van der Waals surface area contributed by atoms with E-state index in [2.05, 4.69) is 10.2 Å². The summed E-state index contributed by atoms with van der Waals surface area (Å²) in [6.45, 7) is 0.672. The lowest BCUT2D eigenvalue weighted by Crippen LogP contribution is -2.40. The smallest absolute Gasteiger partial charge is 0.387 e. The molecule has 1 amide bonds. The van der Waals surface area contributed by atoms with Crippen molar-refractivity contribution in [3.05, 3.63) is 29.6 Å². The zero-order valence-electron chi connectivity index (χ0n) is 10.6. The summed E-state index contributed by atoms with van der Waals surface area (Å²) in [7, 11) is 0. The van der Waals surface area contributed by atoms with Gasteiger partial charge < -0.3 is 4.74 Å². The highest BCUT2D eigenvalue weighted by Crippen LogP contribution is 2.18. The van der Waals surface area contributed by atoms with E-state index in [0.29, 0.717) is 6.54 Å². The first-order valence-corrected chi connectivity index (χ1v) is 5.69. The number of amides is 1. The Morgan fingerprint density at radius 3 is 2.63 bits per heavy atom. The van der Waals surface area contributed by atoms with Gasteiger partial charge in [-0.25, -0.2) is 9.82 Å². The van der Waals surface area contributed by atoms with Gasteiger partial charge in [-0.2, -0.15) is 8.78 Å². The number of nitrogens with zero attached hydrogens (tertiary/aromatic N) is 1. The van der Waals surface area contributed by atoms with Crippen molar-refractivity contribution in [1.29, 1.82) is 0 Å². The van der Waals surface area contributed by atoms with Crippen molar-refractivity contribution < 1.29 is 22.7 Å². The Morgan fingerprint density at radius 2 is 2.16 bits per heavy atom. The SMILES string of the molecule is CCN(NCc1ccc(OC(F)F)cc1F)C(C)=O. The zero-order valence-corrected chi connectivity index (χ0v) is 10.6. The molecule has 0 aliphatic carbocycles. The third kappa shape index (κ3) is 4.78. The minimum atomic E-state index is -2.99. The lowest BCUT2D eigenvalue weighted by Gasteiger charge is -2.20. The van der Waals surface area contributed by atoms with Gasteiger partial charge in [0, 0.05) is 31.6 Å². The molecule has 106 valence electrons. The van der Waals surface area contributed by atoms with Gasteiger partial charge >= 0.3 is 6.61 Å². The van der Waals surface area contributed by atoms with E-state index in [9.17, 15) is 18.0 Å². The van der Waals surface area contributed by atoms with Crippen LogP contribution in [0.2, 0.25) is 0 Å². The van der Waals surface area contributed by atoms with Gasteiger partial charge in [0.25, 0.3) is 0 Å². The molecule has 0 saturated carbocycles. The summed E-state index contributed by atoms with van der Waals surface area (Å²) >= 11 is 0. The summed E-state index contributed by atoms with van der Waals surface area (Å²) in [6, 6.07) is 3.46. The number of ether oxygens (including phenoxy) is 1. The van der Waals surface area contributed by atoms with Gasteiger partial charge in [0.2, 0.25) is 5.91 Å². The molecule has 0 aliphatic heterocycles. The number of nitrogens with one attached hydrogen (secondary N) is 1. The predicted molar refractivity (Wildman–Crippen MR) is 62.9 cm³/mol. The number of hydrazine groups is 1. The predicted octanol–water partition coefficient (Wildman–Crippen LogP) is 2.30. The van der Waals surface area contributed by atoms with E-state index in [0.717, 1.165) is 6.07 Å². The van der Waals surface area contributed by atoms with Crippen molar-refractivity contribution >= 4 is 5.91 Å². The largest absolute Gasteiger partial charge is 0.435 e. The van der Waals surface area contributed by atoms with Gasteiger partial charge in [0.15, 0.2) is 0 Å². The molecule has 1 aromatic rings. The van der Waals surface area contributed by atoms with E-state index < -0.39 is 12.4 Å². The van der Waals surface area contributed by atoms with E-state index in [1.165, 1.54) is 24.1 Å². The minimum absolute atomic E-state index is 0.0776. The summed E-state index contributed by atoms with van der Waals surface area (Å²) in [5.41, 5.74) is 2.99. The maximum Gasteiger partial charge on any atom is 0.387 e. The average Bonchev–Trinajstić information content (AvgIpc) is 2.31. The fourth-order valence-electron chi connectivity index (χ4n) is 1.47. The Morgan fingerprint density at radius 1 is 1.47 bits per heavy atom. The Balaban J connectivity index is 2.67. The van der Waals surface area contributed by atoms with Crippen LogP contribution in [0.25, 0.3) is 0 Å². The van der Waals surface area contributed by atoms with Gasteiger partial charge in [0.05, 0.1) is 0 Å². The fourth-order valence-corrected chi connectivity index (χ4v) is 1.47. The number of halogens is 3. The first kappa shape index (κ1) is 15.3. The second-order valence-corrected chi connectivity index (χ2v) is 3.73. The first-order valence-electron chi connectivity index (χ1n) is 5.69. The van der Waals surface area contributed by atoms with Crippen LogP contribution in [-0.4, -0.2) is 24.1 Å². The Bertz CT molecular complexity index is 441. The number of alkyl halides is 2. The molecule has 4 nitrogen and oxygen atoms in total. The normalized spacial score (nSPS) is 10.6.